The van der Waals surface area contributed by atoms with Crippen molar-refractivity contribution in [2.75, 3.05) is 11.1 Å². The van der Waals surface area contributed by atoms with Crippen LogP contribution >= 0.6 is 0 Å². The van der Waals surface area contributed by atoms with Crippen molar-refractivity contribution < 1.29 is 4.79 Å². The van der Waals surface area contributed by atoms with Crippen molar-refractivity contribution in [3.8, 4) is 0 Å². The average molecular weight is 334 g/mol. The zero-order valence-electron chi connectivity index (χ0n) is 14.8. The first-order valence-electron chi connectivity index (χ1n) is 7.89. The average Bonchev–Trinajstić information content (AvgIpc) is 2.40. The number of nitrogens with zero attached hydrogens (tertiary/aromatic N) is 4. The van der Waals surface area contributed by atoms with Gasteiger partial charge in [0, 0.05) is 17.1 Å². The zero-order valence-corrected chi connectivity index (χ0v) is 14.8. The smallest absolute Gasteiger partial charge is 0.259 e. The van der Waals surface area contributed by atoms with Crippen LogP contribution in [0.1, 0.15) is 41.0 Å². The molecule has 9 heteroatoms. The summed E-state index contributed by atoms with van der Waals surface area (Å²) in [5.41, 5.74) is 10.7. The van der Waals surface area contributed by atoms with E-state index in [4.69, 9.17) is 11.5 Å². The molecule has 1 saturated heterocycles. The fourth-order valence-corrected chi connectivity index (χ4v) is 3.23. The number of nitrogens with one attached hydrogen (secondary N) is 2. The van der Waals surface area contributed by atoms with Crippen molar-refractivity contribution in [2.45, 2.75) is 58.2 Å². The second-order valence-electron chi connectivity index (χ2n) is 7.45. The number of hydrogen-bond acceptors (Lipinski definition) is 8. The highest BCUT2D eigenvalue weighted by atomic mass is 16.1. The highest BCUT2D eigenvalue weighted by molar-refractivity contribution is 6.25. The Hall–Kier alpha value is -2.29. The number of hydrogen-bond donors (Lipinski definition) is 4. The van der Waals surface area contributed by atoms with E-state index < -0.39 is 5.91 Å². The number of anilines is 2. The minimum Gasteiger partial charge on any atom is -0.368 e. The first-order valence-corrected chi connectivity index (χ1v) is 7.89. The standard InChI is InChI=1S/C15H26N8O/c1-8-9(6-14(2,3)23-15(8,4)5)19-13-21-11(17)20-12(22-13)18-7-10(16)24/h7-9,23H,6H2,1-5H3,(H2,16,24)(H3,17,19,20,21,22)/b18-7+. The fourth-order valence-electron chi connectivity index (χ4n) is 3.23. The Morgan fingerprint density at radius 2 is 2.00 bits per heavy atom. The number of carbonyl (C=O) groups is 1. The van der Waals surface area contributed by atoms with Crippen LogP contribution in [0.25, 0.3) is 0 Å². The molecule has 2 rings (SSSR count). The monoisotopic (exact) mass is 334 g/mol. The Labute approximate surface area is 141 Å². The Balaban J connectivity index is 2.25. The molecule has 2 unspecified atom stereocenters. The Morgan fingerprint density at radius 3 is 2.62 bits per heavy atom. The van der Waals surface area contributed by atoms with E-state index in [1.165, 1.54) is 0 Å². The van der Waals surface area contributed by atoms with Gasteiger partial charge < -0.3 is 22.1 Å². The summed E-state index contributed by atoms with van der Waals surface area (Å²) in [7, 11) is 0. The van der Waals surface area contributed by atoms with Gasteiger partial charge in [0.15, 0.2) is 0 Å². The fraction of sp³-hybridized carbons (Fsp3) is 0.667. The molecule has 1 aliphatic heterocycles. The van der Waals surface area contributed by atoms with Crippen molar-refractivity contribution in [3.63, 3.8) is 0 Å². The SMILES string of the molecule is CC1C(Nc2nc(N)nc(/N=C/C(N)=O)n2)CC(C)(C)NC1(C)C. The van der Waals surface area contributed by atoms with E-state index in [2.05, 4.69) is 65.2 Å². The van der Waals surface area contributed by atoms with Gasteiger partial charge in [-0.05, 0) is 40.0 Å². The third-order valence-electron chi connectivity index (χ3n) is 4.40. The van der Waals surface area contributed by atoms with Crippen LogP contribution in [-0.2, 0) is 4.79 Å². The van der Waals surface area contributed by atoms with Gasteiger partial charge >= 0.3 is 0 Å². The lowest BCUT2D eigenvalue weighted by molar-refractivity contribution is -0.111. The van der Waals surface area contributed by atoms with E-state index in [0.29, 0.717) is 11.9 Å². The van der Waals surface area contributed by atoms with E-state index in [1.54, 1.807) is 0 Å². The Kier molecular flexibility index (Phi) is 4.75. The highest BCUT2D eigenvalue weighted by Gasteiger charge is 2.43. The lowest BCUT2D eigenvalue weighted by Gasteiger charge is -2.51. The summed E-state index contributed by atoms with van der Waals surface area (Å²) >= 11 is 0. The maximum absolute atomic E-state index is 10.8. The molecular weight excluding hydrogens is 308 g/mol. The van der Waals surface area contributed by atoms with Gasteiger partial charge in [0.05, 0.1) is 6.21 Å². The van der Waals surface area contributed by atoms with Crippen LogP contribution in [0.5, 0.6) is 0 Å². The van der Waals surface area contributed by atoms with Gasteiger partial charge in [0.25, 0.3) is 11.9 Å². The number of nitrogens with two attached hydrogens (primary N) is 2. The molecule has 2 atom stereocenters. The molecule has 0 radical (unpaired) electrons. The van der Waals surface area contributed by atoms with Crippen molar-refractivity contribution in [3.05, 3.63) is 0 Å². The molecule has 0 spiro atoms. The summed E-state index contributed by atoms with van der Waals surface area (Å²) in [5.74, 6) is 0.0534. The first kappa shape index (κ1) is 18.1. The molecule has 0 aliphatic carbocycles. The van der Waals surface area contributed by atoms with Crippen molar-refractivity contribution in [2.24, 2.45) is 16.6 Å². The molecular formula is C15H26N8O. The molecule has 1 fully saturated rings. The van der Waals surface area contributed by atoms with Crippen molar-refractivity contribution in [1.29, 1.82) is 0 Å². The van der Waals surface area contributed by atoms with Crippen LogP contribution in [0.4, 0.5) is 17.8 Å². The number of primary amides is 1. The Bertz CT molecular complexity index is 655. The first-order chi connectivity index (χ1) is 11.0. The number of rotatable bonds is 4. The predicted octanol–water partition coefficient (Wildman–Crippen LogP) is 0.608. The molecule has 0 saturated carbocycles. The molecule has 2 heterocycles. The van der Waals surface area contributed by atoms with Gasteiger partial charge in [-0.2, -0.15) is 15.0 Å². The molecule has 6 N–H and O–H groups in total. The molecule has 132 valence electrons. The van der Waals surface area contributed by atoms with Crippen molar-refractivity contribution in [1.82, 2.24) is 20.3 Å². The Morgan fingerprint density at radius 1 is 1.33 bits per heavy atom. The molecule has 24 heavy (non-hydrogen) atoms. The van der Waals surface area contributed by atoms with Gasteiger partial charge in [-0.25, -0.2) is 4.99 Å². The van der Waals surface area contributed by atoms with Crippen LogP contribution in [0.2, 0.25) is 0 Å². The molecule has 1 aliphatic rings. The maximum Gasteiger partial charge on any atom is 0.259 e. The minimum atomic E-state index is -0.682. The van der Waals surface area contributed by atoms with E-state index >= 15 is 0 Å². The number of carbonyl (C=O) groups excluding carboxylic acids is 1. The topological polar surface area (TPSA) is 144 Å². The van der Waals surface area contributed by atoms with E-state index in [9.17, 15) is 4.79 Å². The van der Waals surface area contributed by atoms with E-state index in [-0.39, 0.29) is 29.0 Å². The summed E-state index contributed by atoms with van der Waals surface area (Å²) in [5, 5.41) is 7.00. The lowest BCUT2D eigenvalue weighted by Crippen LogP contribution is -2.65. The summed E-state index contributed by atoms with van der Waals surface area (Å²) in [6, 6.07) is 0.144. The van der Waals surface area contributed by atoms with Crippen LogP contribution in [0.3, 0.4) is 0 Å². The number of nitrogen functional groups attached to an aromatic ring is 1. The number of aromatic nitrogens is 3. The zero-order chi connectivity index (χ0) is 18.1. The number of amides is 1. The summed E-state index contributed by atoms with van der Waals surface area (Å²) in [6.45, 7) is 10.9. The van der Waals surface area contributed by atoms with Crippen LogP contribution in [0.15, 0.2) is 4.99 Å². The minimum absolute atomic E-state index is 0.0286. The van der Waals surface area contributed by atoms with Gasteiger partial charge in [0.1, 0.15) is 0 Å². The van der Waals surface area contributed by atoms with Crippen LogP contribution in [0, 0.1) is 5.92 Å². The van der Waals surface area contributed by atoms with Gasteiger partial charge in [-0.1, -0.05) is 6.92 Å². The normalized spacial score (nSPS) is 25.5. The largest absolute Gasteiger partial charge is 0.368 e. The molecule has 9 nitrogen and oxygen atoms in total. The summed E-state index contributed by atoms with van der Waals surface area (Å²) in [4.78, 5) is 26.8. The van der Waals surface area contributed by atoms with E-state index in [0.717, 1.165) is 12.6 Å². The highest BCUT2D eigenvalue weighted by Crippen LogP contribution is 2.34. The second kappa shape index (κ2) is 6.31. The molecule has 0 bridgehead atoms. The second-order valence-corrected chi connectivity index (χ2v) is 7.45. The lowest BCUT2D eigenvalue weighted by atomic mass is 9.72. The number of aliphatic imine (C=N–C) groups is 1. The van der Waals surface area contributed by atoms with Crippen molar-refractivity contribution >= 4 is 30.0 Å². The third-order valence-corrected chi connectivity index (χ3v) is 4.40. The van der Waals surface area contributed by atoms with Crippen LogP contribution < -0.4 is 22.1 Å². The summed E-state index contributed by atoms with van der Waals surface area (Å²) < 4.78 is 0. The van der Waals surface area contributed by atoms with Gasteiger partial charge in [-0.15, -0.1) is 0 Å². The van der Waals surface area contributed by atoms with Gasteiger partial charge in [-0.3, -0.25) is 4.79 Å². The molecule has 0 aromatic carbocycles. The number of piperidine rings is 1. The third kappa shape index (κ3) is 4.38. The van der Waals surface area contributed by atoms with Gasteiger partial charge in [0.2, 0.25) is 11.9 Å². The predicted molar refractivity (Wildman–Crippen MR) is 94.1 cm³/mol. The maximum atomic E-state index is 10.8. The summed E-state index contributed by atoms with van der Waals surface area (Å²) in [6.07, 6.45) is 1.83. The molecule has 1 amide bonds. The molecule has 1 aromatic rings. The van der Waals surface area contributed by atoms with E-state index in [1.807, 2.05) is 0 Å². The molecule has 1 aromatic heterocycles. The quantitative estimate of drug-likeness (QED) is 0.590. The van der Waals surface area contributed by atoms with Crippen LogP contribution in [-0.4, -0.2) is 44.2 Å².